The van der Waals surface area contributed by atoms with Gasteiger partial charge in [0.25, 0.3) is 10.2 Å². The van der Waals surface area contributed by atoms with Crippen molar-refractivity contribution in [1.29, 1.82) is 0 Å². The van der Waals surface area contributed by atoms with Crippen LogP contribution >= 0.6 is 0 Å². The Morgan fingerprint density at radius 1 is 0.793 bits per heavy atom. The van der Waals surface area contributed by atoms with Crippen molar-refractivity contribution < 1.29 is 8.42 Å². The van der Waals surface area contributed by atoms with Crippen LogP contribution in [-0.2, 0) is 10.2 Å². The largest absolute Gasteiger partial charge is 0.290 e. The van der Waals surface area contributed by atoms with Gasteiger partial charge in [0.1, 0.15) is 0 Å². The molecule has 6 heteroatoms. The maximum atomic E-state index is 13.2. The van der Waals surface area contributed by atoms with E-state index in [1.807, 2.05) is 19.1 Å². The predicted octanol–water partition coefficient (Wildman–Crippen LogP) is 3.51. The Morgan fingerprint density at radius 3 is 1.86 bits per heavy atom. The lowest BCUT2D eigenvalue weighted by Gasteiger charge is -2.42. The van der Waals surface area contributed by atoms with Crippen molar-refractivity contribution in [3.05, 3.63) is 71.8 Å². The summed E-state index contributed by atoms with van der Waals surface area (Å²) in [6, 6.07) is 21.3. The fourth-order valence-corrected chi connectivity index (χ4v) is 6.48. The summed E-state index contributed by atoms with van der Waals surface area (Å²) in [6.45, 7) is 5.24. The second-order valence-corrected chi connectivity index (χ2v) is 10.0. The van der Waals surface area contributed by atoms with E-state index in [1.54, 1.807) is 8.61 Å². The van der Waals surface area contributed by atoms with E-state index in [0.29, 0.717) is 19.6 Å². The lowest BCUT2D eigenvalue weighted by atomic mass is 9.96. The van der Waals surface area contributed by atoms with Crippen LogP contribution < -0.4 is 0 Å². The SMILES string of the molecule is C[C@@H]1CCCCN1S(=O)(=O)N1CCN(C(c2ccccc2)c2ccccc2)CC1. The molecule has 4 rings (SSSR count). The van der Waals surface area contributed by atoms with Crippen LogP contribution in [0.2, 0.25) is 0 Å². The zero-order valence-electron chi connectivity index (χ0n) is 17.2. The van der Waals surface area contributed by atoms with E-state index in [0.717, 1.165) is 32.4 Å². The van der Waals surface area contributed by atoms with Gasteiger partial charge in [0.2, 0.25) is 0 Å². The van der Waals surface area contributed by atoms with Gasteiger partial charge in [-0.2, -0.15) is 17.0 Å². The van der Waals surface area contributed by atoms with Gasteiger partial charge in [-0.3, -0.25) is 4.90 Å². The molecule has 2 heterocycles. The van der Waals surface area contributed by atoms with Crippen molar-refractivity contribution in [2.75, 3.05) is 32.7 Å². The van der Waals surface area contributed by atoms with Gasteiger partial charge in [0, 0.05) is 38.8 Å². The van der Waals surface area contributed by atoms with Gasteiger partial charge < -0.3 is 0 Å². The van der Waals surface area contributed by atoms with E-state index in [4.69, 9.17) is 0 Å². The normalized spacial score (nSPS) is 22.8. The van der Waals surface area contributed by atoms with Crippen LogP contribution in [0.4, 0.5) is 0 Å². The summed E-state index contributed by atoms with van der Waals surface area (Å²) in [4.78, 5) is 2.41. The average Bonchev–Trinajstić information content (AvgIpc) is 2.76. The third kappa shape index (κ3) is 4.40. The fourth-order valence-electron chi connectivity index (χ4n) is 4.64. The molecule has 0 N–H and O–H groups in total. The highest BCUT2D eigenvalue weighted by molar-refractivity contribution is 7.86. The minimum atomic E-state index is -3.37. The third-order valence-corrected chi connectivity index (χ3v) is 8.39. The average molecular weight is 414 g/mol. The lowest BCUT2D eigenvalue weighted by molar-refractivity contribution is 0.145. The van der Waals surface area contributed by atoms with Crippen molar-refractivity contribution in [3.8, 4) is 0 Å². The number of rotatable bonds is 5. The molecule has 0 saturated carbocycles. The van der Waals surface area contributed by atoms with E-state index in [9.17, 15) is 8.42 Å². The summed E-state index contributed by atoms with van der Waals surface area (Å²) in [5.74, 6) is 0. The minimum Gasteiger partial charge on any atom is -0.290 e. The molecule has 0 amide bonds. The van der Waals surface area contributed by atoms with Crippen LogP contribution in [0, 0.1) is 0 Å². The van der Waals surface area contributed by atoms with Crippen LogP contribution in [0.5, 0.6) is 0 Å². The van der Waals surface area contributed by atoms with E-state index in [-0.39, 0.29) is 12.1 Å². The van der Waals surface area contributed by atoms with Crippen molar-refractivity contribution in [1.82, 2.24) is 13.5 Å². The maximum Gasteiger partial charge on any atom is 0.282 e. The summed E-state index contributed by atoms with van der Waals surface area (Å²) in [5.41, 5.74) is 2.50. The molecule has 156 valence electrons. The lowest BCUT2D eigenvalue weighted by Crippen LogP contribution is -2.56. The number of piperidine rings is 1. The Hall–Kier alpha value is -1.73. The second kappa shape index (κ2) is 8.96. The molecule has 2 fully saturated rings. The molecule has 0 unspecified atom stereocenters. The molecule has 5 nitrogen and oxygen atoms in total. The zero-order valence-corrected chi connectivity index (χ0v) is 18.0. The Balaban J connectivity index is 1.51. The van der Waals surface area contributed by atoms with Crippen LogP contribution in [-0.4, -0.2) is 60.7 Å². The first kappa shape index (κ1) is 20.5. The molecule has 2 aliphatic heterocycles. The highest BCUT2D eigenvalue weighted by Crippen LogP contribution is 2.30. The molecule has 2 aliphatic rings. The van der Waals surface area contributed by atoms with E-state index in [2.05, 4.69) is 53.4 Å². The molecular formula is C23H31N3O2S. The second-order valence-electron chi connectivity index (χ2n) is 8.12. The van der Waals surface area contributed by atoms with Crippen molar-refractivity contribution >= 4 is 10.2 Å². The number of hydrogen-bond donors (Lipinski definition) is 0. The van der Waals surface area contributed by atoms with E-state index >= 15 is 0 Å². The molecule has 29 heavy (non-hydrogen) atoms. The highest BCUT2D eigenvalue weighted by Gasteiger charge is 2.37. The van der Waals surface area contributed by atoms with Crippen LogP contribution in [0.1, 0.15) is 43.4 Å². The number of piperazine rings is 1. The summed E-state index contributed by atoms with van der Waals surface area (Å²) in [7, 11) is -3.37. The maximum absolute atomic E-state index is 13.2. The molecule has 0 radical (unpaired) electrons. The van der Waals surface area contributed by atoms with Crippen molar-refractivity contribution in [2.24, 2.45) is 0 Å². The minimum absolute atomic E-state index is 0.105. The highest BCUT2D eigenvalue weighted by atomic mass is 32.2. The van der Waals surface area contributed by atoms with Gasteiger partial charge in [-0.05, 0) is 30.9 Å². The van der Waals surface area contributed by atoms with Gasteiger partial charge in [-0.1, -0.05) is 67.1 Å². The van der Waals surface area contributed by atoms with Gasteiger partial charge in [-0.25, -0.2) is 0 Å². The summed E-state index contributed by atoms with van der Waals surface area (Å²) in [6.07, 6.45) is 3.05. The molecule has 2 aromatic rings. The topological polar surface area (TPSA) is 43.9 Å². The quantitative estimate of drug-likeness (QED) is 0.753. The van der Waals surface area contributed by atoms with Crippen LogP contribution in [0.3, 0.4) is 0 Å². The van der Waals surface area contributed by atoms with Gasteiger partial charge in [0.05, 0.1) is 6.04 Å². The van der Waals surface area contributed by atoms with E-state index < -0.39 is 10.2 Å². The monoisotopic (exact) mass is 413 g/mol. The third-order valence-electron chi connectivity index (χ3n) is 6.23. The molecule has 0 aliphatic carbocycles. The number of hydrogen-bond acceptors (Lipinski definition) is 3. The summed E-state index contributed by atoms with van der Waals surface area (Å²) < 4.78 is 29.8. The van der Waals surface area contributed by atoms with Gasteiger partial charge in [-0.15, -0.1) is 0 Å². The Labute approximate surface area is 175 Å². The van der Waals surface area contributed by atoms with Crippen LogP contribution in [0.15, 0.2) is 60.7 Å². The molecule has 2 saturated heterocycles. The first-order valence-electron chi connectivity index (χ1n) is 10.7. The molecule has 2 aromatic carbocycles. The molecule has 1 atom stereocenters. The summed E-state index contributed by atoms with van der Waals surface area (Å²) in [5, 5.41) is 0. The standard InChI is InChI=1S/C23H31N3O2S/c1-20-10-8-9-15-26(20)29(27,28)25-18-16-24(17-19-25)23(21-11-4-2-5-12-21)22-13-6-3-7-14-22/h2-7,11-14,20,23H,8-10,15-19H2,1H3/t20-/m1/s1. The first-order valence-corrected chi connectivity index (χ1v) is 12.1. The smallest absolute Gasteiger partial charge is 0.282 e. The predicted molar refractivity (Wildman–Crippen MR) is 117 cm³/mol. The Bertz CT molecular complexity index is 841. The fraction of sp³-hybridized carbons (Fsp3) is 0.478. The number of benzene rings is 2. The van der Waals surface area contributed by atoms with Crippen molar-refractivity contribution in [2.45, 2.75) is 38.3 Å². The Kier molecular flexibility index (Phi) is 6.35. The molecule has 0 bridgehead atoms. The van der Waals surface area contributed by atoms with Gasteiger partial charge >= 0.3 is 0 Å². The number of nitrogens with zero attached hydrogens (tertiary/aromatic N) is 3. The summed E-state index contributed by atoms with van der Waals surface area (Å²) >= 11 is 0. The zero-order chi connectivity index (χ0) is 20.3. The molecule has 0 aromatic heterocycles. The van der Waals surface area contributed by atoms with E-state index in [1.165, 1.54) is 11.1 Å². The Morgan fingerprint density at radius 2 is 1.34 bits per heavy atom. The molecule has 0 spiro atoms. The van der Waals surface area contributed by atoms with Crippen LogP contribution in [0.25, 0.3) is 0 Å². The molecular weight excluding hydrogens is 382 g/mol. The van der Waals surface area contributed by atoms with Gasteiger partial charge in [0.15, 0.2) is 0 Å². The first-order chi connectivity index (χ1) is 14.1. The van der Waals surface area contributed by atoms with Crippen molar-refractivity contribution in [3.63, 3.8) is 0 Å².